The van der Waals surface area contributed by atoms with E-state index in [2.05, 4.69) is 23.8 Å². The SMILES string of the molecule is Cc1ccc(C[C@@H]2CN(CC/C=N/N3CCOCC3(C)C)CCN2C(=O)c2cc(C(F)(F)F)cc(C(F)(F)F)c2)cc1C. The lowest BCUT2D eigenvalue weighted by Gasteiger charge is -2.42. The van der Waals surface area contributed by atoms with E-state index in [0.29, 0.717) is 64.4 Å². The van der Waals surface area contributed by atoms with Crippen molar-refractivity contribution in [1.29, 1.82) is 0 Å². The number of hydrogen-bond donors (Lipinski definition) is 0. The van der Waals surface area contributed by atoms with Crippen LogP contribution in [0.5, 0.6) is 0 Å². The standard InChI is InChI=1S/C31H38F6N4O2/c1-21-6-7-23(14-22(21)2)15-27-19-39(9-5-8-38-41-12-13-43-20-29(41,3)4)10-11-40(27)28(42)24-16-25(30(32,33)34)18-26(17-24)31(35,36)37/h6-8,14,16-18,27H,5,9-13,15,19-20H2,1-4H3/b38-8+/t27-/m1/s1. The summed E-state index contributed by atoms with van der Waals surface area (Å²) in [4.78, 5) is 17.2. The lowest BCUT2D eigenvalue weighted by Crippen LogP contribution is -2.56. The minimum absolute atomic E-state index is 0.0425. The number of rotatable bonds is 7. The highest BCUT2D eigenvalue weighted by atomic mass is 19.4. The van der Waals surface area contributed by atoms with Gasteiger partial charge in [-0.2, -0.15) is 31.4 Å². The average Bonchev–Trinajstić information content (AvgIpc) is 2.92. The molecule has 12 heteroatoms. The highest BCUT2D eigenvalue weighted by Gasteiger charge is 2.39. The topological polar surface area (TPSA) is 48.4 Å². The molecule has 0 spiro atoms. The van der Waals surface area contributed by atoms with E-state index in [9.17, 15) is 31.1 Å². The normalized spacial score (nSPS) is 20.2. The van der Waals surface area contributed by atoms with Gasteiger partial charge in [0.2, 0.25) is 0 Å². The van der Waals surface area contributed by atoms with Gasteiger partial charge in [-0.3, -0.25) is 14.7 Å². The minimum Gasteiger partial charge on any atom is -0.377 e. The van der Waals surface area contributed by atoms with Gasteiger partial charge in [-0.05, 0) is 75.4 Å². The van der Waals surface area contributed by atoms with Gasteiger partial charge in [-0.1, -0.05) is 18.2 Å². The first-order chi connectivity index (χ1) is 20.0. The van der Waals surface area contributed by atoms with Crippen molar-refractivity contribution in [3.05, 3.63) is 69.8 Å². The molecule has 4 rings (SSSR count). The molecule has 0 N–H and O–H groups in total. The fraction of sp³-hybridized carbons (Fsp3) is 0.548. The van der Waals surface area contributed by atoms with E-state index in [1.807, 2.05) is 43.3 Å². The van der Waals surface area contributed by atoms with Crippen molar-refractivity contribution in [2.75, 3.05) is 45.9 Å². The van der Waals surface area contributed by atoms with E-state index in [4.69, 9.17) is 4.74 Å². The van der Waals surface area contributed by atoms with Crippen LogP contribution in [0.3, 0.4) is 0 Å². The summed E-state index contributed by atoms with van der Waals surface area (Å²) in [7, 11) is 0. The molecular weight excluding hydrogens is 574 g/mol. The number of alkyl halides is 6. The Kier molecular flexibility index (Phi) is 9.80. The van der Waals surface area contributed by atoms with E-state index < -0.39 is 41.0 Å². The van der Waals surface area contributed by atoms with Crippen LogP contribution in [-0.4, -0.2) is 84.4 Å². The van der Waals surface area contributed by atoms with Gasteiger partial charge in [0.1, 0.15) is 0 Å². The van der Waals surface area contributed by atoms with E-state index in [0.717, 1.165) is 16.7 Å². The molecule has 1 atom stereocenters. The van der Waals surface area contributed by atoms with Crippen LogP contribution in [0.2, 0.25) is 0 Å². The Hall–Kier alpha value is -3.12. The minimum atomic E-state index is -5.04. The first kappa shape index (κ1) is 32.8. The second-order valence-electron chi connectivity index (χ2n) is 11.9. The Morgan fingerprint density at radius 3 is 2.26 bits per heavy atom. The van der Waals surface area contributed by atoms with Gasteiger partial charge in [-0.25, -0.2) is 0 Å². The second-order valence-corrected chi connectivity index (χ2v) is 11.9. The van der Waals surface area contributed by atoms with Crippen molar-refractivity contribution in [3.8, 4) is 0 Å². The largest absolute Gasteiger partial charge is 0.416 e. The molecule has 236 valence electrons. The number of carbonyl (C=O) groups excluding carboxylic acids is 1. The Labute approximate surface area is 248 Å². The van der Waals surface area contributed by atoms with Crippen LogP contribution < -0.4 is 0 Å². The lowest BCUT2D eigenvalue weighted by atomic mass is 9.97. The number of morpholine rings is 1. The average molecular weight is 613 g/mol. The van der Waals surface area contributed by atoms with Crippen molar-refractivity contribution in [2.45, 2.75) is 64.5 Å². The van der Waals surface area contributed by atoms with E-state index in [-0.39, 0.29) is 18.2 Å². The zero-order chi connectivity index (χ0) is 31.6. The highest BCUT2D eigenvalue weighted by Crippen LogP contribution is 2.37. The second kappa shape index (κ2) is 12.9. The molecule has 0 saturated carbocycles. The first-order valence-electron chi connectivity index (χ1n) is 14.3. The smallest absolute Gasteiger partial charge is 0.377 e. The maximum atomic E-state index is 13.6. The monoisotopic (exact) mass is 612 g/mol. The summed E-state index contributed by atoms with van der Waals surface area (Å²) in [5.74, 6) is -0.846. The summed E-state index contributed by atoms with van der Waals surface area (Å²) in [6, 6.07) is 6.51. The number of aryl methyl sites for hydroxylation is 2. The molecule has 0 aliphatic carbocycles. The summed E-state index contributed by atoms with van der Waals surface area (Å²) in [6.07, 6.45) is -7.17. The molecule has 2 aliphatic rings. The molecule has 6 nitrogen and oxygen atoms in total. The third-order valence-corrected chi connectivity index (χ3v) is 8.10. The quantitative estimate of drug-likeness (QED) is 0.276. The maximum Gasteiger partial charge on any atom is 0.416 e. The molecule has 2 fully saturated rings. The van der Waals surface area contributed by atoms with Crippen molar-refractivity contribution < 1.29 is 35.9 Å². The van der Waals surface area contributed by atoms with Crippen LogP contribution in [0.1, 0.15) is 58.4 Å². The Morgan fingerprint density at radius 1 is 0.977 bits per heavy atom. The van der Waals surface area contributed by atoms with Crippen LogP contribution in [0, 0.1) is 13.8 Å². The molecule has 43 heavy (non-hydrogen) atoms. The fourth-order valence-corrected chi connectivity index (χ4v) is 5.47. The Balaban J connectivity index is 1.55. The molecule has 2 heterocycles. The van der Waals surface area contributed by atoms with Gasteiger partial charge in [0.25, 0.3) is 5.91 Å². The molecule has 2 aromatic rings. The molecule has 2 aromatic carbocycles. The van der Waals surface area contributed by atoms with E-state index in [1.54, 1.807) is 0 Å². The number of benzene rings is 2. The molecule has 0 radical (unpaired) electrons. The van der Waals surface area contributed by atoms with Gasteiger partial charge < -0.3 is 9.64 Å². The van der Waals surface area contributed by atoms with Gasteiger partial charge in [0.15, 0.2) is 0 Å². The van der Waals surface area contributed by atoms with Crippen molar-refractivity contribution in [1.82, 2.24) is 14.8 Å². The number of hydrazone groups is 1. The summed E-state index contributed by atoms with van der Waals surface area (Å²) in [5.41, 5.74) is -0.764. The third kappa shape index (κ3) is 8.29. The van der Waals surface area contributed by atoms with Crippen molar-refractivity contribution in [2.24, 2.45) is 5.10 Å². The number of halogens is 6. The van der Waals surface area contributed by atoms with E-state index >= 15 is 0 Å². The van der Waals surface area contributed by atoms with Crippen molar-refractivity contribution >= 4 is 12.1 Å². The first-order valence-corrected chi connectivity index (χ1v) is 14.3. The van der Waals surface area contributed by atoms with Gasteiger partial charge in [-0.15, -0.1) is 0 Å². The lowest BCUT2D eigenvalue weighted by molar-refractivity contribution is -0.143. The number of carbonyl (C=O) groups is 1. The molecule has 0 unspecified atom stereocenters. The molecule has 1 amide bonds. The third-order valence-electron chi connectivity index (χ3n) is 8.10. The predicted molar refractivity (Wildman–Crippen MR) is 152 cm³/mol. The van der Waals surface area contributed by atoms with Crippen LogP contribution >= 0.6 is 0 Å². The summed E-state index contributed by atoms with van der Waals surface area (Å²) < 4.78 is 86.6. The van der Waals surface area contributed by atoms with Gasteiger partial charge >= 0.3 is 12.4 Å². The maximum absolute atomic E-state index is 13.6. The molecule has 0 bridgehead atoms. The van der Waals surface area contributed by atoms with E-state index in [1.165, 1.54) is 4.90 Å². The summed E-state index contributed by atoms with van der Waals surface area (Å²) in [5, 5.41) is 6.62. The molecule has 2 saturated heterocycles. The Morgan fingerprint density at radius 2 is 1.65 bits per heavy atom. The van der Waals surface area contributed by atoms with Crippen molar-refractivity contribution in [3.63, 3.8) is 0 Å². The number of amides is 1. The number of piperazine rings is 1. The Bertz CT molecular complexity index is 1290. The summed E-state index contributed by atoms with van der Waals surface area (Å²) >= 11 is 0. The van der Waals surface area contributed by atoms with Crippen LogP contribution in [-0.2, 0) is 23.5 Å². The number of ether oxygens (including phenoxy) is 1. The highest BCUT2D eigenvalue weighted by molar-refractivity contribution is 5.95. The van der Waals surface area contributed by atoms with Crippen LogP contribution in [0.25, 0.3) is 0 Å². The molecular formula is C31H38F6N4O2. The van der Waals surface area contributed by atoms with Gasteiger partial charge in [0, 0.05) is 44.0 Å². The summed E-state index contributed by atoms with van der Waals surface area (Å²) in [6.45, 7) is 11.6. The molecule has 0 aromatic heterocycles. The zero-order valence-electron chi connectivity index (χ0n) is 24.9. The van der Waals surface area contributed by atoms with Crippen LogP contribution in [0.4, 0.5) is 26.3 Å². The molecule has 2 aliphatic heterocycles. The number of nitrogens with zero attached hydrogens (tertiary/aromatic N) is 4. The zero-order valence-corrected chi connectivity index (χ0v) is 24.9. The predicted octanol–water partition coefficient (Wildman–Crippen LogP) is 6.20. The fourth-order valence-electron chi connectivity index (χ4n) is 5.47. The number of hydrogen-bond acceptors (Lipinski definition) is 5. The van der Waals surface area contributed by atoms with Crippen LogP contribution in [0.15, 0.2) is 41.5 Å². The van der Waals surface area contributed by atoms with Gasteiger partial charge in [0.05, 0.1) is 36.4 Å².